The highest BCUT2D eigenvalue weighted by atomic mass is 16.4. The molecule has 1 aromatic rings. The van der Waals surface area contributed by atoms with E-state index in [0.717, 1.165) is 31.2 Å². The maximum atomic E-state index is 12.3. The van der Waals surface area contributed by atoms with Crippen LogP contribution in [-0.2, 0) is 16.0 Å². The largest absolute Gasteiger partial charge is 0.481 e. The molecule has 2 N–H and O–H groups in total. The van der Waals surface area contributed by atoms with Crippen LogP contribution in [0.5, 0.6) is 0 Å². The first-order valence-corrected chi connectivity index (χ1v) is 7.96. The van der Waals surface area contributed by atoms with E-state index in [2.05, 4.69) is 5.32 Å². The molecule has 0 spiro atoms. The zero-order valence-corrected chi connectivity index (χ0v) is 13.6. The zero-order chi connectivity index (χ0) is 16.4. The number of benzene rings is 1. The SMILES string of the molecule is CC(C)(Cc1ccccc1)C(=O)NCCCCCCC(=O)O. The molecule has 1 aromatic carbocycles. The molecule has 0 heterocycles. The molecule has 0 aliphatic carbocycles. The van der Waals surface area contributed by atoms with Gasteiger partial charge in [-0.25, -0.2) is 0 Å². The van der Waals surface area contributed by atoms with E-state index in [0.29, 0.717) is 13.0 Å². The molecule has 4 heteroatoms. The third-order valence-electron chi connectivity index (χ3n) is 3.71. The Morgan fingerprint density at radius 1 is 1.05 bits per heavy atom. The zero-order valence-electron chi connectivity index (χ0n) is 13.6. The van der Waals surface area contributed by atoms with Crippen molar-refractivity contribution in [3.63, 3.8) is 0 Å². The van der Waals surface area contributed by atoms with E-state index < -0.39 is 11.4 Å². The van der Waals surface area contributed by atoms with Gasteiger partial charge in [0.2, 0.25) is 5.91 Å². The van der Waals surface area contributed by atoms with Gasteiger partial charge in [-0.05, 0) is 24.8 Å². The summed E-state index contributed by atoms with van der Waals surface area (Å²) in [5.41, 5.74) is 0.737. The predicted molar refractivity (Wildman–Crippen MR) is 87.7 cm³/mol. The van der Waals surface area contributed by atoms with Crippen LogP contribution in [0.1, 0.15) is 51.5 Å². The molecule has 0 bridgehead atoms. The fourth-order valence-electron chi connectivity index (χ4n) is 2.38. The van der Waals surface area contributed by atoms with Crippen molar-refractivity contribution in [2.24, 2.45) is 5.41 Å². The average Bonchev–Trinajstić information content (AvgIpc) is 2.46. The van der Waals surface area contributed by atoms with Crippen LogP contribution in [0, 0.1) is 5.41 Å². The number of carboxylic acids is 1. The Balaban J connectivity index is 2.22. The number of rotatable bonds is 10. The lowest BCUT2D eigenvalue weighted by molar-refractivity contribution is -0.137. The molecule has 22 heavy (non-hydrogen) atoms. The summed E-state index contributed by atoms with van der Waals surface area (Å²) in [6.45, 7) is 4.58. The first-order chi connectivity index (χ1) is 10.4. The van der Waals surface area contributed by atoms with E-state index >= 15 is 0 Å². The van der Waals surface area contributed by atoms with Crippen LogP contribution in [-0.4, -0.2) is 23.5 Å². The average molecular weight is 305 g/mol. The highest BCUT2D eigenvalue weighted by molar-refractivity contribution is 5.82. The molecule has 4 nitrogen and oxygen atoms in total. The van der Waals surface area contributed by atoms with Crippen LogP contribution in [0.2, 0.25) is 0 Å². The van der Waals surface area contributed by atoms with Gasteiger partial charge >= 0.3 is 5.97 Å². The molecule has 0 aromatic heterocycles. The van der Waals surface area contributed by atoms with E-state index in [9.17, 15) is 9.59 Å². The second-order valence-electron chi connectivity index (χ2n) is 6.36. The maximum absolute atomic E-state index is 12.3. The lowest BCUT2D eigenvalue weighted by atomic mass is 9.85. The fourth-order valence-corrected chi connectivity index (χ4v) is 2.38. The van der Waals surface area contributed by atoms with Crippen LogP contribution in [0.15, 0.2) is 30.3 Å². The Labute approximate surface area is 132 Å². The Morgan fingerprint density at radius 3 is 2.32 bits per heavy atom. The van der Waals surface area contributed by atoms with Crippen LogP contribution in [0.4, 0.5) is 0 Å². The van der Waals surface area contributed by atoms with Crippen LogP contribution < -0.4 is 5.32 Å². The lowest BCUT2D eigenvalue weighted by Gasteiger charge is -2.23. The second kappa shape index (κ2) is 9.23. The Bertz CT molecular complexity index is 468. The maximum Gasteiger partial charge on any atom is 0.303 e. The molecular weight excluding hydrogens is 278 g/mol. The minimum atomic E-state index is -0.740. The van der Waals surface area contributed by atoms with Gasteiger partial charge in [0, 0.05) is 18.4 Å². The molecular formula is C18H27NO3. The van der Waals surface area contributed by atoms with Gasteiger partial charge in [-0.1, -0.05) is 57.0 Å². The molecule has 0 fully saturated rings. The number of aliphatic carboxylic acids is 1. The van der Waals surface area contributed by atoms with Gasteiger partial charge in [0.15, 0.2) is 0 Å². The number of unbranched alkanes of at least 4 members (excludes halogenated alkanes) is 3. The summed E-state index contributed by atoms with van der Waals surface area (Å²) in [4.78, 5) is 22.6. The first kappa shape index (κ1) is 18.2. The van der Waals surface area contributed by atoms with Gasteiger partial charge in [-0.2, -0.15) is 0 Å². The summed E-state index contributed by atoms with van der Waals surface area (Å²) in [5, 5.41) is 11.5. The van der Waals surface area contributed by atoms with Crippen molar-refractivity contribution in [3.8, 4) is 0 Å². The highest BCUT2D eigenvalue weighted by Gasteiger charge is 2.27. The van der Waals surface area contributed by atoms with E-state index in [1.165, 1.54) is 0 Å². The number of carbonyl (C=O) groups is 2. The molecule has 0 unspecified atom stereocenters. The van der Waals surface area contributed by atoms with Crippen molar-refractivity contribution in [1.29, 1.82) is 0 Å². The molecule has 122 valence electrons. The van der Waals surface area contributed by atoms with Crippen molar-refractivity contribution in [3.05, 3.63) is 35.9 Å². The molecule has 0 aliphatic heterocycles. The van der Waals surface area contributed by atoms with Crippen molar-refractivity contribution in [2.75, 3.05) is 6.54 Å². The normalized spacial score (nSPS) is 11.2. The van der Waals surface area contributed by atoms with Crippen LogP contribution in [0.25, 0.3) is 0 Å². The van der Waals surface area contributed by atoms with Crippen LogP contribution >= 0.6 is 0 Å². The van der Waals surface area contributed by atoms with E-state index in [4.69, 9.17) is 5.11 Å². The predicted octanol–water partition coefficient (Wildman–Crippen LogP) is 3.41. The number of amides is 1. The Hall–Kier alpha value is -1.84. The topological polar surface area (TPSA) is 66.4 Å². The molecule has 1 rings (SSSR count). The smallest absolute Gasteiger partial charge is 0.303 e. The lowest BCUT2D eigenvalue weighted by Crippen LogP contribution is -2.38. The number of hydrogen-bond acceptors (Lipinski definition) is 2. The number of carboxylic acid groups (broad SMARTS) is 1. The standard InChI is InChI=1S/C18H27NO3/c1-18(2,14-15-10-6-5-7-11-15)17(22)19-13-9-4-3-8-12-16(20)21/h5-7,10-11H,3-4,8-9,12-14H2,1-2H3,(H,19,22)(H,20,21). The Morgan fingerprint density at radius 2 is 1.68 bits per heavy atom. The molecule has 0 aliphatic rings. The van der Waals surface area contributed by atoms with Crippen LogP contribution in [0.3, 0.4) is 0 Å². The first-order valence-electron chi connectivity index (χ1n) is 7.96. The van der Waals surface area contributed by atoms with Gasteiger partial charge in [0.05, 0.1) is 0 Å². The summed E-state index contributed by atoms with van der Waals surface area (Å²) in [6.07, 6.45) is 4.41. The van der Waals surface area contributed by atoms with Crippen molar-refractivity contribution in [1.82, 2.24) is 5.32 Å². The number of hydrogen-bond donors (Lipinski definition) is 2. The van der Waals surface area contributed by atoms with E-state index in [-0.39, 0.29) is 12.3 Å². The quantitative estimate of drug-likeness (QED) is 0.651. The Kier molecular flexibility index (Phi) is 7.64. The van der Waals surface area contributed by atoms with E-state index in [1.54, 1.807) is 0 Å². The van der Waals surface area contributed by atoms with E-state index in [1.807, 2.05) is 44.2 Å². The van der Waals surface area contributed by atoms with Gasteiger partial charge in [-0.3, -0.25) is 9.59 Å². The third-order valence-corrected chi connectivity index (χ3v) is 3.71. The van der Waals surface area contributed by atoms with Crippen molar-refractivity contribution >= 4 is 11.9 Å². The summed E-state index contributed by atoms with van der Waals surface area (Å²) in [6, 6.07) is 10.0. The highest BCUT2D eigenvalue weighted by Crippen LogP contribution is 2.22. The third kappa shape index (κ3) is 7.25. The molecule has 1 amide bonds. The molecule has 0 saturated carbocycles. The molecule has 0 atom stereocenters. The summed E-state index contributed by atoms with van der Waals surface area (Å²) < 4.78 is 0. The second-order valence-corrected chi connectivity index (χ2v) is 6.36. The molecule has 0 saturated heterocycles. The van der Waals surface area contributed by atoms with Gasteiger partial charge in [0.1, 0.15) is 0 Å². The number of nitrogens with one attached hydrogen (secondary N) is 1. The fraction of sp³-hybridized carbons (Fsp3) is 0.556. The minimum absolute atomic E-state index is 0.0712. The summed E-state index contributed by atoms with van der Waals surface area (Å²) in [7, 11) is 0. The minimum Gasteiger partial charge on any atom is -0.481 e. The van der Waals surface area contributed by atoms with Crippen molar-refractivity contribution in [2.45, 2.75) is 52.4 Å². The monoisotopic (exact) mass is 305 g/mol. The van der Waals surface area contributed by atoms with Gasteiger partial charge < -0.3 is 10.4 Å². The van der Waals surface area contributed by atoms with Crippen molar-refractivity contribution < 1.29 is 14.7 Å². The number of carbonyl (C=O) groups excluding carboxylic acids is 1. The summed E-state index contributed by atoms with van der Waals surface area (Å²) in [5.74, 6) is -0.669. The summed E-state index contributed by atoms with van der Waals surface area (Å²) >= 11 is 0. The van der Waals surface area contributed by atoms with Gasteiger partial charge in [-0.15, -0.1) is 0 Å². The van der Waals surface area contributed by atoms with Gasteiger partial charge in [0.25, 0.3) is 0 Å². The molecule has 0 radical (unpaired) electrons.